The Labute approximate surface area is 233 Å². The van der Waals surface area contributed by atoms with E-state index in [4.69, 9.17) is 21.1 Å². The van der Waals surface area contributed by atoms with Gasteiger partial charge in [0.05, 0.1) is 11.6 Å². The molecule has 0 radical (unpaired) electrons. The molecular weight excluding hydrogens is 516 g/mol. The van der Waals surface area contributed by atoms with Gasteiger partial charge in [-0.1, -0.05) is 29.3 Å². The summed E-state index contributed by atoms with van der Waals surface area (Å²) in [6.07, 6.45) is 4.02. The molecule has 7 nitrogen and oxygen atoms in total. The number of hydrogen-bond donors (Lipinski definition) is 2. The van der Waals surface area contributed by atoms with E-state index in [1.165, 1.54) is 0 Å². The van der Waals surface area contributed by atoms with E-state index in [2.05, 4.69) is 10.6 Å². The van der Waals surface area contributed by atoms with Gasteiger partial charge in [0.15, 0.2) is 29.7 Å². The molecule has 39 heavy (non-hydrogen) atoms. The number of ether oxygens (including phenoxy) is 2. The Kier molecular flexibility index (Phi) is 7.80. The van der Waals surface area contributed by atoms with E-state index in [-0.39, 0.29) is 34.9 Å². The number of halogens is 1. The number of ketones is 2. The average molecular weight is 549 g/mol. The highest BCUT2D eigenvalue weighted by Crippen LogP contribution is 2.48. The van der Waals surface area contributed by atoms with Crippen LogP contribution in [0.25, 0.3) is 0 Å². The third-order valence-electron chi connectivity index (χ3n) is 7.46. The SMILES string of the molecule is CCOc1cc(C2C3=C(CCCC3=O)NC3=C2C(=O)CCC3)cc(Cl)c1OCC(=O)Nc1ccc(C)cc1C. The Morgan fingerprint density at radius 3 is 2.26 bits per heavy atom. The maximum atomic E-state index is 13.2. The fraction of sp³-hybridized carbons (Fsp3) is 0.387. The van der Waals surface area contributed by atoms with Crippen LogP contribution in [0, 0.1) is 13.8 Å². The third-order valence-corrected chi connectivity index (χ3v) is 7.74. The first-order valence-electron chi connectivity index (χ1n) is 13.5. The zero-order chi connectivity index (χ0) is 27.7. The van der Waals surface area contributed by atoms with Crippen molar-refractivity contribution < 1.29 is 23.9 Å². The summed E-state index contributed by atoms with van der Waals surface area (Å²) in [6, 6.07) is 9.32. The van der Waals surface area contributed by atoms with Crippen molar-refractivity contribution in [3.8, 4) is 11.5 Å². The van der Waals surface area contributed by atoms with Crippen molar-refractivity contribution in [2.75, 3.05) is 18.5 Å². The normalized spacial score (nSPS) is 17.4. The molecule has 0 unspecified atom stereocenters. The molecule has 2 aliphatic carbocycles. The number of amides is 1. The number of dihydropyridines is 1. The molecule has 0 atom stereocenters. The predicted molar refractivity (Wildman–Crippen MR) is 150 cm³/mol. The largest absolute Gasteiger partial charge is 0.490 e. The van der Waals surface area contributed by atoms with Crippen LogP contribution in [-0.4, -0.2) is 30.7 Å². The molecule has 0 bridgehead atoms. The molecule has 2 N–H and O–H groups in total. The first-order valence-corrected chi connectivity index (χ1v) is 13.9. The monoisotopic (exact) mass is 548 g/mol. The second-order valence-corrected chi connectivity index (χ2v) is 10.7. The fourth-order valence-electron chi connectivity index (χ4n) is 5.75. The number of Topliss-reactive ketones (excluding diaryl/α,β-unsaturated/α-hetero) is 2. The molecule has 0 fully saturated rings. The van der Waals surface area contributed by atoms with Gasteiger partial charge in [0.1, 0.15) is 0 Å². The topological polar surface area (TPSA) is 93.7 Å². The Morgan fingerprint density at radius 2 is 1.64 bits per heavy atom. The summed E-state index contributed by atoms with van der Waals surface area (Å²) in [5.41, 5.74) is 6.60. The van der Waals surface area contributed by atoms with Crippen molar-refractivity contribution in [3.05, 3.63) is 74.6 Å². The number of carbonyl (C=O) groups is 3. The number of anilines is 1. The highest BCUT2D eigenvalue weighted by Gasteiger charge is 2.40. The van der Waals surface area contributed by atoms with E-state index >= 15 is 0 Å². The zero-order valence-corrected chi connectivity index (χ0v) is 23.3. The number of benzene rings is 2. The lowest BCUT2D eigenvalue weighted by Crippen LogP contribution is -2.36. The number of allylic oxidation sites excluding steroid dienone is 4. The van der Waals surface area contributed by atoms with Crippen molar-refractivity contribution in [2.45, 2.75) is 65.2 Å². The van der Waals surface area contributed by atoms with Crippen LogP contribution in [0.3, 0.4) is 0 Å². The van der Waals surface area contributed by atoms with Gasteiger partial charge in [0.25, 0.3) is 5.91 Å². The van der Waals surface area contributed by atoms with Gasteiger partial charge in [0.2, 0.25) is 0 Å². The third kappa shape index (κ3) is 5.46. The van der Waals surface area contributed by atoms with E-state index in [0.29, 0.717) is 47.6 Å². The van der Waals surface area contributed by atoms with Gasteiger partial charge in [-0.25, -0.2) is 0 Å². The van der Waals surface area contributed by atoms with Gasteiger partial charge < -0.3 is 20.1 Å². The summed E-state index contributed by atoms with van der Waals surface area (Å²) in [7, 11) is 0. The van der Waals surface area contributed by atoms with Crippen molar-refractivity contribution in [2.24, 2.45) is 0 Å². The van der Waals surface area contributed by atoms with E-state index in [1.54, 1.807) is 12.1 Å². The molecule has 1 aliphatic heterocycles. The molecule has 2 aromatic carbocycles. The van der Waals surface area contributed by atoms with Gasteiger partial charge in [-0.15, -0.1) is 0 Å². The van der Waals surface area contributed by atoms with Crippen LogP contribution in [0.2, 0.25) is 5.02 Å². The van der Waals surface area contributed by atoms with Crippen LogP contribution in [0.1, 0.15) is 68.1 Å². The van der Waals surface area contributed by atoms with E-state index in [9.17, 15) is 14.4 Å². The Hall–Kier alpha value is -3.58. The molecule has 204 valence electrons. The Bertz CT molecular complexity index is 1380. The lowest BCUT2D eigenvalue weighted by molar-refractivity contribution is -0.118. The number of aryl methyl sites for hydroxylation is 2. The average Bonchev–Trinajstić information content (AvgIpc) is 2.89. The molecule has 0 saturated carbocycles. The molecule has 0 saturated heterocycles. The van der Waals surface area contributed by atoms with Gasteiger partial charge in [0, 0.05) is 47.0 Å². The highest BCUT2D eigenvalue weighted by atomic mass is 35.5. The summed E-state index contributed by atoms with van der Waals surface area (Å²) < 4.78 is 11.8. The lowest BCUT2D eigenvalue weighted by atomic mass is 9.71. The van der Waals surface area contributed by atoms with Crippen molar-refractivity contribution >= 4 is 34.8 Å². The van der Waals surface area contributed by atoms with Gasteiger partial charge in [-0.2, -0.15) is 0 Å². The van der Waals surface area contributed by atoms with Crippen LogP contribution in [0.15, 0.2) is 52.9 Å². The second-order valence-electron chi connectivity index (χ2n) is 10.3. The van der Waals surface area contributed by atoms with Crippen molar-refractivity contribution in [1.29, 1.82) is 0 Å². The highest BCUT2D eigenvalue weighted by molar-refractivity contribution is 6.32. The first kappa shape index (κ1) is 27.0. The number of hydrogen-bond acceptors (Lipinski definition) is 6. The van der Waals surface area contributed by atoms with Crippen molar-refractivity contribution in [1.82, 2.24) is 5.32 Å². The molecule has 1 heterocycles. The van der Waals surface area contributed by atoms with Crippen LogP contribution in [0.4, 0.5) is 5.69 Å². The predicted octanol–water partition coefficient (Wildman–Crippen LogP) is 6.07. The van der Waals surface area contributed by atoms with Gasteiger partial charge >= 0.3 is 0 Å². The second kappa shape index (κ2) is 11.3. The molecular formula is C31H33ClN2O5. The number of nitrogens with one attached hydrogen (secondary N) is 2. The molecule has 3 aliphatic rings. The summed E-state index contributed by atoms with van der Waals surface area (Å²) in [5, 5.41) is 6.55. The maximum Gasteiger partial charge on any atom is 0.262 e. The minimum atomic E-state index is -0.504. The smallest absolute Gasteiger partial charge is 0.262 e. The molecule has 0 aromatic heterocycles. The molecule has 2 aromatic rings. The van der Waals surface area contributed by atoms with Crippen molar-refractivity contribution in [3.63, 3.8) is 0 Å². The van der Waals surface area contributed by atoms with E-state index < -0.39 is 5.92 Å². The summed E-state index contributed by atoms with van der Waals surface area (Å²) in [4.78, 5) is 39.0. The fourth-order valence-corrected chi connectivity index (χ4v) is 6.03. The van der Waals surface area contributed by atoms with Gasteiger partial charge in [-0.3, -0.25) is 14.4 Å². The molecule has 1 amide bonds. The van der Waals surface area contributed by atoms with Crippen LogP contribution in [-0.2, 0) is 14.4 Å². The minimum absolute atomic E-state index is 0.0520. The van der Waals surface area contributed by atoms with Crippen LogP contribution >= 0.6 is 11.6 Å². The maximum absolute atomic E-state index is 13.2. The molecule has 8 heteroatoms. The lowest BCUT2D eigenvalue weighted by Gasteiger charge is -2.37. The summed E-state index contributed by atoms with van der Waals surface area (Å²) >= 11 is 6.74. The number of rotatable bonds is 7. The molecule has 5 rings (SSSR count). The summed E-state index contributed by atoms with van der Waals surface area (Å²) in [6.45, 7) is 5.86. The Morgan fingerprint density at radius 1 is 0.974 bits per heavy atom. The first-order chi connectivity index (χ1) is 18.8. The van der Waals surface area contributed by atoms with E-state index in [1.807, 2.05) is 39.0 Å². The zero-order valence-electron chi connectivity index (χ0n) is 22.5. The molecule has 0 spiro atoms. The summed E-state index contributed by atoms with van der Waals surface area (Å²) in [5.74, 6) is -0.107. The Balaban J connectivity index is 1.46. The quantitative estimate of drug-likeness (QED) is 0.436. The van der Waals surface area contributed by atoms with Crippen LogP contribution in [0.5, 0.6) is 11.5 Å². The number of carbonyl (C=O) groups excluding carboxylic acids is 3. The van der Waals surface area contributed by atoms with Crippen LogP contribution < -0.4 is 20.1 Å². The standard InChI is InChI=1S/C31H33ClN2O5/c1-4-38-26-15-19(14-20(32)31(26)39-16-27(37)34-21-12-11-17(2)13-18(21)3)28-29-22(7-5-9-24(29)35)33-23-8-6-10-25(36)30(23)28/h11-15,28,33H,4-10,16H2,1-3H3,(H,34,37). The minimum Gasteiger partial charge on any atom is -0.490 e. The van der Waals surface area contributed by atoms with Gasteiger partial charge in [-0.05, 0) is 75.8 Å². The van der Waals surface area contributed by atoms with E-state index in [0.717, 1.165) is 48.2 Å².